The van der Waals surface area contributed by atoms with Crippen LogP contribution in [0.1, 0.15) is 76.6 Å². The molecule has 3 aliphatic rings. The zero-order chi connectivity index (χ0) is 28.2. The summed E-state index contributed by atoms with van der Waals surface area (Å²) in [6.07, 6.45) is 0.438. The number of fused-ring (bicyclic) bond motifs is 1. The molecule has 6 rings (SSSR count). The number of pyridine rings is 1. The Morgan fingerprint density at radius 3 is 2.55 bits per heavy atom. The first-order chi connectivity index (χ1) is 19.1. The maximum Gasteiger partial charge on any atom is 0.416 e. The summed E-state index contributed by atoms with van der Waals surface area (Å²) in [6, 6.07) is 5.84. The van der Waals surface area contributed by atoms with Crippen molar-refractivity contribution in [3.05, 3.63) is 69.4 Å². The number of nitrogens with zero attached hydrogens (tertiary/aromatic N) is 5. The molecule has 1 unspecified atom stereocenters. The molecule has 1 saturated heterocycles. The topological polar surface area (TPSA) is 85.2 Å². The van der Waals surface area contributed by atoms with E-state index in [2.05, 4.69) is 20.5 Å². The number of carbonyl (C=O) groups is 1. The number of benzene rings is 1. The number of aryl methyl sites for hydroxylation is 1. The summed E-state index contributed by atoms with van der Waals surface area (Å²) in [5.74, 6) is 0.786. The van der Waals surface area contributed by atoms with Crippen molar-refractivity contribution in [2.24, 2.45) is 18.9 Å². The van der Waals surface area contributed by atoms with Gasteiger partial charge >= 0.3 is 6.18 Å². The van der Waals surface area contributed by atoms with Crippen LogP contribution in [0, 0.1) is 11.8 Å². The number of anilines is 1. The van der Waals surface area contributed by atoms with Crippen molar-refractivity contribution in [1.29, 1.82) is 0 Å². The first kappa shape index (κ1) is 27.2. The van der Waals surface area contributed by atoms with E-state index >= 15 is 0 Å². The predicted octanol–water partition coefficient (Wildman–Crippen LogP) is 5.27. The Balaban J connectivity index is 1.35. The number of hydrogen-bond donors (Lipinski definition) is 1. The minimum absolute atomic E-state index is 0.0442. The van der Waals surface area contributed by atoms with E-state index in [1.165, 1.54) is 17.4 Å². The number of ether oxygens (including phenoxy) is 1. The fourth-order valence-corrected chi connectivity index (χ4v) is 5.96. The Morgan fingerprint density at radius 2 is 1.95 bits per heavy atom. The minimum Gasteiger partial charge on any atom is -0.381 e. The number of nitrogens with one attached hydrogen (secondary N) is 1. The molecule has 1 aliphatic carbocycles. The van der Waals surface area contributed by atoms with Crippen LogP contribution in [0.15, 0.2) is 30.6 Å². The summed E-state index contributed by atoms with van der Waals surface area (Å²) in [5.41, 5.74) is 0.385. The lowest BCUT2D eigenvalue weighted by molar-refractivity contribution is -0.138. The van der Waals surface area contributed by atoms with Crippen molar-refractivity contribution in [1.82, 2.24) is 25.1 Å². The molecule has 1 amide bonds. The maximum atomic E-state index is 14.3. The summed E-state index contributed by atoms with van der Waals surface area (Å²) in [4.78, 5) is 19.3. The summed E-state index contributed by atoms with van der Waals surface area (Å²) < 4.78 is 50.0. The van der Waals surface area contributed by atoms with E-state index in [0.29, 0.717) is 30.5 Å². The van der Waals surface area contributed by atoms with Gasteiger partial charge in [0.15, 0.2) is 0 Å². The van der Waals surface area contributed by atoms with Crippen LogP contribution in [-0.4, -0.2) is 45.4 Å². The standard InChI is InChI=1S/C28H30ClF3N6O2/c1-15(33-10-16-4-3-5-16)17-6-20-21(22(7-17)28(30,31)32)11-38(27(20)39)24-9-18(8-23(29)35-24)25(19-12-40-13-19)26-36-34-14-37(26)2/h6-9,14-16,19,25,33H,3-5,10-13H2,1-2H3/t15-,25?/m0/s1. The molecule has 0 radical (unpaired) electrons. The smallest absolute Gasteiger partial charge is 0.381 e. The third kappa shape index (κ3) is 4.99. The fraction of sp³-hybridized carbons (Fsp3) is 0.500. The lowest BCUT2D eigenvalue weighted by Crippen LogP contribution is -2.35. The van der Waals surface area contributed by atoms with E-state index in [0.717, 1.165) is 24.9 Å². The van der Waals surface area contributed by atoms with Gasteiger partial charge in [0.2, 0.25) is 0 Å². The van der Waals surface area contributed by atoms with Gasteiger partial charge in [-0.15, -0.1) is 10.2 Å². The van der Waals surface area contributed by atoms with E-state index in [9.17, 15) is 18.0 Å². The van der Waals surface area contributed by atoms with Crippen LogP contribution in [0.5, 0.6) is 0 Å². The zero-order valence-corrected chi connectivity index (χ0v) is 23.0. The molecular formula is C28H30ClF3N6O2. The lowest BCUT2D eigenvalue weighted by Gasteiger charge is -2.33. The summed E-state index contributed by atoms with van der Waals surface area (Å²) in [7, 11) is 1.84. The van der Waals surface area contributed by atoms with Crippen LogP contribution in [0.2, 0.25) is 5.15 Å². The summed E-state index contributed by atoms with van der Waals surface area (Å²) in [6.45, 7) is 3.37. The van der Waals surface area contributed by atoms with E-state index in [1.807, 2.05) is 18.5 Å². The lowest BCUT2D eigenvalue weighted by atomic mass is 9.84. The van der Waals surface area contributed by atoms with Crippen molar-refractivity contribution in [3.8, 4) is 0 Å². The quantitative estimate of drug-likeness (QED) is 0.369. The number of alkyl halides is 3. The number of rotatable bonds is 8. The molecule has 2 aliphatic heterocycles. The molecule has 1 saturated carbocycles. The SMILES string of the molecule is C[C@H](NCC1CCC1)c1cc2c(c(C(F)(F)F)c1)CN(c1cc(C(c3nncn3C)C3COC3)cc(Cl)n1)C2=O. The van der Waals surface area contributed by atoms with E-state index in [1.54, 1.807) is 24.5 Å². The van der Waals surface area contributed by atoms with Gasteiger partial charge in [-0.05, 0) is 73.2 Å². The number of amides is 1. The van der Waals surface area contributed by atoms with Gasteiger partial charge in [-0.25, -0.2) is 4.98 Å². The highest BCUT2D eigenvalue weighted by molar-refractivity contribution is 6.29. The van der Waals surface area contributed by atoms with Gasteiger partial charge in [-0.1, -0.05) is 18.0 Å². The molecule has 4 heterocycles. The van der Waals surface area contributed by atoms with Gasteiger partial charge < -0.3 is 14.6 Å². The highest BCUT2D eigenvalue weighted by Gasteiger charge is 2.42. The van der Waals surface area contributed by atoms with Crippen molar-refractivity contribution < 1.29 is 22.7 Å². The van der Waals surface area contributed by atoms with Gasteiger partial charge in [-0.2, -0.15) is 13.2 Å². The molecule has 2 fully saturated rings. The van der Waals surface area contributed by atoms with Crippen molar-refractivity contribution >= 4 is 23.3 Å². The van der Waals surface area contributed by atoms with Crippen LogP contribution < -0.4 is 10.2 Å². The molecule has 1 aromatic carbocycles. The van der Waals surface area contributed by atoms with Gasteiger partial charge in [0.25, 0.3) is 5.91 Å². The second-order valence-corrected chi connectivity index (χ2v) is 11.5. The second-order valence-electron chi connectivity index (χ2n) is 11.1. The normalized spacial score (nSPS) is 19.4. The summed E-state index contributed by atoms with van der Waals surface area (Å²) in [5, 5.41) is 11.8. The Kier molecular flexibility index (Phi) is 7.08. The average Bonchev–Trinajstić information content (AvgIpc) is 3.41. The Hall–Kier alpha value is -3.02. The summed E-state index contributed by atoms with van der Waals surface area (Å²) >= 11 is 6.43. The molecule has 0 bridgehead atoms. The van der Waals surface area contributed by atoms with Crippen LogP contribution in [-0.2, 0) is 24.5 Å². The highest BCUT2D eigenvalue weighted by atomic mass is 35.5. The van der Waals surface area contributed by atoms with Gasteiger partial charge in [-0.3, -0.25) is 9.69 Å². The number of carbonyl (C=O) groups excluding carboxylic acids is 1. The number of aromatic nitrogens is 4. The minimum atomic E-state index is -4.61. The molecule has 3 aromatic rings. The monoisotopic (exact) mass is 574 g/mol. The van der Waals surface area contributed by atoms with Crippen LogP contribution >= 0.6 is 11.6 Å². The predicted molar refractivity (Wildman–Crippen MR) is 142 cm³/mol. The van der Waals surface area contributed by atoms with Crippen molar-refractivity contribution in [3.63, 3.8) is 0 Å². The Labute approximate surface area is 234 Å². The molecule has 8 nitrogen and oxygen atoms in total. The van der Waals surface area contributed by atoms with E-state index in [-0.39, 0.29) is 46.5 Å². The van der Waals surface area contributed by atoms with Gasteiger partial charge in [0.05, 0.1) is 31.2 Å². The van der Waals surface area contributed by atoms with Crippen molar-refractivity contribution in [2.75, 3.05) is 24.7 Å². The fourth-order valence-electron chi connectivity index (χ4n) is 5.75. The number of halogens is 4. The molecule has 40 heavy (non-hydrogen) atoms. The largest absolute Gasteiger partial charge is 0.416 e. The third-order valence-electron chi connectivity index (χ3n) is 8.41. The van der Waals surface area contributed by atoms with Crippen LogP contribution in [0.4, 0.5) is 19.0 Å². The van der Waals surface area contributed by atoms with Crippen molar-refractivity contribution in [2.45, 2.75) is 50.9 Å². The second kappa shape index (κ2) is 10.4. The zero-order valence-electron chi connectivity index (χ0n) is 22.2. The average molecular weight is 575 g/mol. The highest BCUT2D eigenvalue weighted by Crippen LogP contribution is 2.42. The molecular weight excluding hydrogens is 545 g/mol. The molecule has 0 spiro atoms. The van der Waals surface area contributed by atoms with Gasteiger partial charge in [0.1, 0.15) is 23.1 Å². The van der Waals surface area contributed by atoms with Crippen LogP contribution in [0.25, 0.3) is 0 Å². The van der Waals surface area contributed by atoms with Crippen LogP contribution in [0.3, 0.4) is 0 Å². The first-order valence-corrected chi connectivity index (χ1v) is 13.9. The third-order valence-corrected chi connectivity index (χ3v) is 8.60. The van der Waals surface area contributed by atoms with E-state index < -0.39 is 17.6 Å². The maximum absolute atomic E-state index is 14.3. The van der Waals surface area contributed by atoms with Gasteiger partial charge in [0, 0.05) is 24.6 Å². The molecule has 2 atom stereocenters. The number of hydrogen-bond acceptors (Lipinski definition) is 6. The Morgan fingerprint density at radius 1 is 1.18 bits per heavy atom. The first-order valence-electron chi connectivity index (χ1n) is 13.5. The van der Waals surface area contributed by atoms with E-state index in [4.69, 9.17) is 16.3 Å². The molecule has 12 heteroatoms. The molecule has 212 valence electrons. The molecule has 2 aromatic heterocycles. The Bertz CT molecular complexity index is 1440. The molecule has 1 N–H and O–H groups in total.